The Bertz CT molecular complexity index is 414. The minimum atomic E-state index is -3.29. The van der Waals surface area contributed by atoms with Crippen molar-refractivity contribution in [2.75, 3.05) is 10.5 Å². The number of hydrogen-bond donors (Lipinski definition) is 1. The van der Waals surface area contributed by atoms with Gasteiger partial charge in [0.1, 0.15) is 5.82 Å². The molecule has 0 saturated carbocycles. The lowest BCUT2D eigenvalue weighted by Crippen LogP contribution is -2.16. The van der Waals surface area contributed by atoms with E-state index in [9.17, 15) is 12.8 Å². The van der Waals surface area contributed by atoms with E-state index in [1.54, 1.807) is 0 Å². The molecule has 0 unspecified atom stereocenters. The van der Waals surface area contributed by atoms with Gasteiger partial charge in [0.15, 0.2) is 0 Å². The zero-order valence-corrected chi connectivity index (χ0v) is 10.1. The monoisotopic (exact) mass is 245 g/mol. The quantitative estimate of drug-likeness (QED) is 0.783. The lowest BCUT2D eigenvalue weighted by molar-refractivity contribution is 0.596. The Morgan fingerprint density at radius 3 is 2.38 bits per heavy atom. The van der Waals surface area contributed by atoms with E-state index >= 15 is 0 Å². The van der Waals surface area contributed by atoms with Crippen LogP contribution in [0.5, 0.6) is 0 Å². The first-order valence-corrected chi connectivity index (χ1v) is 6.95. The molecular weight excluding hydrogens is 229 g/mol. The van der Waals surface area contributed by atoms with Crippen LogP contribution in [-0.4, -0.2) is 14.2 Å². The van der Waals surface area contributed by atoms with Gasteiger partial charge < -0.3 is 0 Å². The van der Waals surface area contributed by atoms with Gasteiger partial charge >= 0.3 is 0 Å². The molecular formula is C11H16FNO2S. The van der Waals surface area contributed by atoms with Crippen molar-refractivity contribution < 1.29 is 12.8 Å². The van der Waals surface area contributed by atoms with Crippen molar-refractivity contribution in [1.82, 2.24) is 0 Å². The number of nitrogens with one attached hydrogen (secondary N) is 1. The summed E-state index contributed by atoms with van der Waals surface area (Å²) < 4.78 is 38.1. The summed E-state index contributed by atoms with van der Waals surface area (Å²) in [6, 6.07) is 5.27. The van der Waals surface area contributed by atoms with Gasteiger partial charge in [0.05, 0.1) is 5.75 Å². The van der Waals surface area contributed by atoms with Crippen LogP contribution in [0.1, 0.15) is 26.2 Å². The molecule has 0 aliphatic carbocycles. The van der Waals surface area contributed by atoms with E-state index in [0.29, 0.717) is 12.1 Å². The van der Waals surface area contributed by atoms with Gasteiger partial charge in [-0.3, -0.25) is 4.72 Å². The van der Waals surface area contributed by atoms with Crippen LogP contribution in [0.25, 0.3) is 0 Å². The number of hydrogen-bond acceptors (Lipinski definition) is 2. The van der Waals surface area contributed by atoms with Gasteiger partial charge in [0.2, 0.25) is 10.0 Å². The van der Waals surface area contributed by atoms with Crippen molar-refractivity contribution in [2.24, 2.45) is 0 Å². The number of sulfonamides is 1. The van der Waals surface area contributed by atoms with Gasteiger partial charge in [-0.1, -0.05) is 19.8 Å². The van der Waals surface area contributed by atoms with Crippen molar-refractivity contribution in [3.8, 4) is 0 Å². The Labute approximate surface area is 95.7 Å². The third-order valence-electron chi connectivity index (χ3n) is 2.13. The second-order valence-electron chi connectivity index (χ2n) is 3.63. The summed E-state index contributed by atoms with van der Waals surface area (Å²) >= 11 is 0. The van der Waals surface area contributed by atoms with Crippen LogP contribution in [0, 0.1) is 5.82 Å². The molecule has 0 heterocycles. The molecule has 1 aromatic rings. The third-order valence-corrected chi connectivity index (χ3v) is 3.51. The molecule has 1 rings (SSSR count). The maximum atomic E-state index is 12.6. The lowest BCUT2D eigenvalue weighted by Gasteiger charge is -2.07. The van der Waals surface area contributed by atoms with E-state index in [0.717, 1.165) is 12.8 Å². The smallest absolute Gasteiger partial charge is 0.232 e. The highest BCUT2D eigenvalue weighted by atomic mass is 32.2. The Hall–Kier alpha value is -1.10. The molecule has 1 aromatic carbocycles. The molecule has 90 valence electrons. The second kappa shape index (κ2) is 5.84. The third kappa shape index (κ3) is 4.61. The predicted octanol–water partition coefficient (Wildman–Crippen LogP) is 2.76. The molecule has 0 fully saturated rings. The lowest BCUT2D eigenvalue weighted by atomic mass is 10.3. The topological polar surface area (TPSA) is 46.2 Å². The van der Waals surface area contributed by atoms with Gasteiger partial charge in [-0.05, 0) is 30.7 Å². The van der Waals surface area contributed by atoms with Crippen molar-refractivity contribution >= 4 is 15.7 Å². The molecule has 0 aliphatic heterocycles. The van der Waals surface area contributed by atoms with Gasteiger partial charge in [0.25, 0.3) is 0 Å². The fourth-order valence-electron chi connectivity index (χ4n) is 1.29. The molecule has 0 aromatic heterocycles. The van der Waals surface area contributed by atoms with Crippen molar-refractivity contribution in [1.29, 1.82) is 0 Å². The summed E-state index contributed by atoms with van der Waals surface area (Å²) in [6.07, 6.45) is 2.52. The number of benzene rings is 1. The molecule has 0 radical (unpaired) electrons. The van der Waals surface area contributed by atoms with Crippen molar-refractivity contribution in [3.05, 3.63) is 30.1 Å². The SMILES string of the molecule is CCCCCS(=O)(=O)Nc1ccc(F)cc1. The van der Waals surface area contributed by atoms with E-state index in [1.807, 2.05) is 6.92 Å². The Kier molecular flexibility index (Phi) is 4.73. The average Bonchev–Trinajstić information content (AvgIpc) is 2.21. The Morgan fingerprint density at radius 1 is 1.19 bits per heavy atom. The van der Waals surface area contributed by atoms with E-state index in [2.05, 4.69) is 4.72 Å². The van der Waals surface area contributed by atoms with E-state index in [4.69, 9.17) is 0 Å². The first-order chi connectivity index (χ1) is 7.53. The van der Waals surface area contributed by atoms with Crippen LogP contribution in [0.15, 0.2) is 24.3 Å². The normalized spacial score (nSPS) is 11.4. The second-order valence-corrected chi connectivity index (χ2v) is 5.48. The number of halogens is 1. The maximum absolute atomic E-state index is 12.6. The summed E-state index contributed by atoms with van der Waals surface area (Å²) in [4.78, 5) is 0. The van der Waals surface area contributed by atoms with Crippen LogP contribution >= 0.6 is 0 Å². The Balaban J connectivity index is 2.55. The maximum Gasteiger partial charge on any atom is 0.232 e. The van der Waals surface area contributed by atoms with Gasteiger partial charge in [-0.2, -0.15) is 0 Å². The number of unbranched alkanes of at least 4 members (excludes halogenated alkanes) is 2. The summed E-state index contributed by atoms with van der Waals surface area (Å²) in [5, 5.41) is 0. The van der Waals surface area contributed by atoms with Crippen LogP contribution < -0.4 is 4.72 Å². The highest BCUT2D eigenvalue weighted by Crippen LogP contribution is 2.11. The minimum Gasteiger partial charge on any atom is -0.284 e. The zero-order valence-electron chi connectivity index (χ0n) is 9.24. The molecule has 16 heavy (non-hydrogen) atoms. The van der Waals surface area contributed by atoms with E-state index in [1.165, 1.54) is 24.3 Å². The van der Waals surface area contributed by atoms with Gasteiger partial charge in [-0.15, -0.1) is 0 Å². The highest BCUT2D eigenvalue weighted by molar-refractivity contribution is 7.92. The summed E-state index contributed by atoms with van der Waals surface area (Å²) in [5.41, 5.74) is 0.401. The molecule has 0 spiro atoms. The number of anilines is 1. The van der Waals surface area contributed by atoms with Crippen LogP contribution in [0.4, 0.5) is 10.1 Å². The minimum absolute atomic E-state index is 0.109. The summed E-state index contributed by atoms with van der Waals surface area (Å²) in [5.74, 6) is -0.271. The molecule has 0 bridgehead atoms. The first kappa shape index (κ1) is 13.0. The van der Waals surface area contributed by atoms with Crippen LogP contribution in [0.2, 0.25) is 0 Å². The first-order valence-electron chi connectivity index (χ1n) is 5.29. The fraction of sp³-hybridized carbons (Fsp3) is 0.455. The molecule has 0 atom stereocenters. The molecule has 5 heteroatoms. The molecule has 0 saturated heterocycles. The number of rotatable bonds is 6. The van der Waals surface area contributed by atoms with Crippen LogP contribution in [-0.2, 0) is 10.0 Å². The zero-order chi connectivity index (χ0) is 12.0. The van der Waals surface area contributed by atoms with E-state index < -0.39 is 10.0 Å². The molecule has 0 amide bonds. The van der Waals surface area contributed by atoms with Gasteiger partial charge in [0, 0.05) is 5.69 Å². The average molecular weight is 245 g/mol. The molecule has 3 nitrogen and oxygen atoms in total. The van der Waals surface area contributed by atoms with E-state index in [-0.39, 0.29) is 11.6 Å². The summed E-state index contributed by atoms with van der Waals surface area (Å²) in [6.45, 7) is 2.01. The molecule has 1 N–H and O–H groups in total. The largest absolute Gasteiger partial charge is 0.284 e. The van der Waals surface area contributed by atoms with Crippen LogP contribution in [0.3, 0.4) is 0 Å². The summed E-state index contributed by atoms with van der Waals surface area (Å²) in [7, 11) is -3.29. The van der Waals surface area contributed by atoms with Crippen molar-refractivity contribution in [3.63, 3.8) is 0 Å². The molecule has 0 aliphatic rings. The highest BCUT2D eigenvalue weighted by Gasteiger charge is 2.09. The fourth-order valence-corrected chi connectivity index (χ4v) is 2.47. The van der Waals surface area contributed by atoms with Gasteiger partial charge in [-0.25, -0.2) is 12.8 Å². The standard InChI is InChI=1S/C11H16FNO2S/c1-2-3-4-9-16(14,15)13-11-7-5-10(12)6-8-11/h5-8,13H,2-4,9H2,1H3. The Morgan fingerprint density at radius 2 is 1.81 bits per heavy atom. The predicted molar refractivity (Wildman–Crippen MR) is 63.3 cm³/mol. The van der Waals surface area contributed by atoms with Crippen molar-refractivity contribution in [2.45, 2.75) is 26.2 Å².